The first-order valence-corrected chi connectivity index (χ1v) is 21.1. The zero-order chi connectivity index (χ0) is 39.9. The Morgan fingerprint density at radius 3 is 2.50 bits per heavy atom. The van der Waals surface area contributed by atoms with E-state index in [1.165, 1.54) is 4.90 Å². The van der Waals surface area contributed by atoms with Crippen molar-refractivity contribution in [2.45, 2.75) is 116 Å². The normalized spacial score (nSPS) is 29.5. The minimum atomic E-state index is -1.34. The van der Waals surface area contributed by atoms with Crippen LogP contribution in [0.5, 0.6) is 0 Å². The maximum Gasteiger partial charge on any atom is 0.259 e. The number of piperidine rings is 1. The van der Waals surface area contributed by atoms with Crippen molar-refractivity contribution in [3.05, 3.63) is 41.5 Å². The Morgan fingerprint density at radius 1 is 1.02 bits per heavy atom. The van der Waals surface area contributed by atoms with Crippen molar-refractivity contribution in [2.24, 2.45) is 35.0 Å². The van der Waals surface area contributed by atoms with Crippen LogP contribution < -0.4 is 16.0 Å². The van der Waals surface area contributed by atoms with Crippen LogP contribution in [-0.4, -0.2) is 101 Å². The second kappa shape index (κ2) is 16.5. The monoisotopic (exact) mass is 789 g/mol. The van der Waals surface area contributed by atoms with Gasteiger partial charge < -0.3 is 30.3 Å². The lowest BCUT2D eigenvalue weighted by Gasteiger charge is -2.37. The molecule has 3 saturated heterocycles. The molecule has 1 aromatic carbocycles. The van der Waals surface area contributed by atoms with Crippen LogP contribution in [0.2, 0.25) is 0 Å². The molecule has 0 radical (unpaired) electrons. The summed E-state index contributed by atoms with van der Waals surface area (Å²) < 4.78 is 12.2. The zero-order valence-corrected chi connectivity index (χ0v) is 33.8. The Hall–Kier alpha value is -4.01. The van der Waals surface area contributed by atoms with E-state index in [0.717, 1.165) is 36.2 Å². The van der Waals surface area contributed by atoms with Crippen molar-refractivity contribution in [1.82, 2.24) is 25.8 Å². The summed E-state index contributed by atoms with van der Waals surface area (Å²) in [5.74, 6) is -3.24. The number of Topliss-reactive ketones (excluding diaryl/α,β-unsaturated/α-hetero) is 2. The lowest BCUT2D eigenvalue weighted by Crippen LogP contribution is -2.60. The molecule has 1 aromatic heterocycles. The van der Waals surface area contributed by atoms with Gasteiger partial charge in [0, 0.05) is 37.5 Å². The number of benzene rings is 1. The first-order chi connectivity index (χ1) is 26.7. The number of nitrogens with zero attached hydrogens (tertiary/aromatic N) is 2. The second-order valence-corrected chi connectivity index (χ2v) is 18.7. The Morgan fingerprint density at radius 2 is 1.79 bits per heavy atom. The molecule has 4 heterocycles. The number of rotatable bonds is 13. The van der Waals surface area contributed by atoms with Crippen molar-refractivity contribution in [3.8, 4) is 10.4 Å². The number of amides is 4. The summed E-state index contributed by atoms with van der Waals surface area (Å²) in [4.78, 5) is 90.5. The molecular formula is C42H55N5O8S. The number of carbonyl (C=O) groups is 6. The summed E-state index contributed by atoms with van der Waals surface area (Å²) in [7, 11) is 0. The molecule has 2 saturated carbocycles. The predicted molar refractivity (Wildman–Crippen MR) is 208 cm³/mol. The number of aromatic nitrogens is 1. The van der Waals surface area contributed by atoms with Gasteiger partial charge in [-0.3, -0.25) is 28.8 Å². The van der Waals surface area contributed by atoms with Crippen molar-refractivity contribution in [3.63, 3.8) is 0 Å². The minimum Gasteiger partial charge on any atom is -0.378 e. The molecule has 13 nitrogen and oxygen atoms in total. The van der Waals surface area contributed by atoms with Gasteiger partial charge in [0.1, 0.15) is 12.1 Å². The standard InChI is InChI=1S/C42H55N5O8S/c1-22(2)55-26-18-30(47(20-26)41(53)36(42(3,4)5)46-39(52)33-24-13-14-31-27(16-24)28(33)21-54-31)38(51)45-29(17-25-12-9-15-43-37(25)50)34(48)35(49)40-44-19-32(56-40)23-10-7-6-8-11-23/h6-8,10-11,19,22,24-31,33,36H,9,12-18,20-21H2,1-5H3,(H,43,50)(H,45,51)(H,46,52)/t24?,25?,26?,27?,28-,29?,30+,31+,33?,36-/m1/s1. The topological polar surface area (TPSA) is 173 Å². The van der Waals surface area contributed by atoms with Gasteiger partial charge in [0.25, 0.3) is 5.78 Å². The Labute approximate surface area is 332 Å². The summed E-state index contributed by atoms with van der Waals surface area (Å²) in [6.07, 6.45) is 5.19. The molecule has 56 heavy (non-hydrogen) atoms. The fraction of sp³-hybridized carbons (Fsp3) is 0.643. The van der Waals surface area contributed by atoms with E-state index in [9.17, 15) is 28.8 Å². The van der Waals surface area contributed by atoms with E-state index in [2.05, 4.69) is 20.9 Å². The zero-order valence-electron chi connectivity index (χ0n) is 33.0. The lowest BCUT2D eigenvalue weighted by atomic mass is 9.83. The highest BCUT2D eigenvalue weighted by atomic mass is 32.1. The van der Waals surface area contributed by atoms with Crippen LogP contribution in [-0.2, 0) is 33.4 Å². The van der Waals surface area contributed by atoms with Gasteiger partial charge in [-0.25, -0.2) is 4.98 Å². The molecule has 2 aromatic rings. The maximum atomic E-state index is 14.7. The van der Waals surface area contributed by atoms with Crippen LogP contribution in [0.4, 0.5) is 0 Å². The van der Waals surface area contributed by atoms with Crippen molar-refractivity contribution in [2.75, 3.05) is 19.7 Å². The largest absolute Gasteiger partial charge is 0.378 e. The highest BCUT2D eigenvalue weighted by Crippen LogP contribution is 2.54. The molecular weight excluding hydrogens is 735 g/mol. The molecule has 7 rings (SSSR count). The van der Waals surface area contributed by atoms with E-state index in [4.69, 9.17) is 9.47 Å². The SMILES string of the molecule is CC(C)OC1C[C@@H](C(=O)NC(CC2CCCNC2=O)C(=O)C(=O)c2ncc(-c3ccccc3)s2)N(C(=O)[C@@H](NC(=O)C2C3CC[C@@H]4OC[C@@H]2C4C3)C(C)(C)C)C1. The smallest absolute Gasteiger partial charge is 0.259 e. The molecule has 4 amide bonds. The number of ketones is 2. The van der Waals surface area contributed by atoms with Crippen LogP contribution in [0.1, 0.15) is 89.4 Å². The van der Waals surface area contributed by atoms with Crippen LogP contribution in [0.25, 0.3) is 10.4 Å². The highest BCUT2D eigenvalue weighted by Gasteiger charge is 2.57. The van der Waals surface area contributed by atoms with Gasteiger partial charge in [0.05, 0.1) is 35.8 Å². The number of ether oxygens (including phenoxy) is 2. The minimum absolute atomic E-state index is 0.0149. The van der Waals surface area contributed by atoms with E-state index in [0.29, 0.717) is 36.8 Å². The third-order valence-electron chi connectivity index (χ3n) is 12.4. The molecule has 10 atom stereocenters. The molecule has 14 heteroatoms. The second-order valence-electron chi connectivity index (χ2n) is 17.7. The summed E-state index contributed by atoms with van der Waals surface area (Å²) in [5, 5.41) is 8.77. The first kappa shape index (κ1) is 40.2. The Kier molecular flexibility index (Phi) is 11.8. The Balaban J connectivity index is 1.12. The van der Waals surface area contributed by atoms with E-state index in [1.54, 1.807) is 6.20 Å². The molecule has 3 aliphatic heterocycles. The van der Waals surface area contributed by atoms with Gasteiger partial charge in [-0.15, -0.1) is 11.3 Å². The predicted octanol–water partition coefficient (Wildman–Crippen LogP) is 3.95. The number of thiazole rings is 1. The van der Waals surface area contributed by atoms with E-state index in [1.807, 2.05) is 65.0 Å². The van der Waals surface area contributed by atoms with Crippen LogP contribution in [0.3, 0.4) is 0 Å². The summed E-state index contributed by atoms with van der Waals surface area (Å²) in [5.41, 5.74) is 0.139. The quantitative estimate of drug-likeness (QED) is 0.201. The molecule has 6 unspecified atom stereocenters. The molecule has 5 aliphatic rings. The maximum absolute atomic E-state index is 14.7. The van der Waals surface area contributed by atoms with Crippen LogP contribution in [0.15, 0.2) is 36.5 Å². The van der Waals surface area contributed by atoms with Crippen molar-refractivity contribution in [1.29, 1.82) is 0 Å². The number of hydrogen-bond acceptors (Lipinski definition) is 10. The van der Waals surface area contributed by atoms with Gasteiger partial charge in [0.2, 0.25) is 29.4 Å². The third kappa shape index (κ3) is 8.33. The number of fused-ring (bicyclic) bond motifs is 1. The average Bonchev–Trinajstić information content (AvgIpc) is 3.96. The van der Waals surface area contributed by atoms with Crippen LogP contribution >= 0.6 is 11.3 Å². The number of likely N-dealkylation sites (tertiary alicyclic amines) is 1. The summed E-state index contributed by atoms with van der Waals surface area (Å²) >= 11 is 1.08. The van der Waals surface area contributed by atoms with Gasteiger partial charge >= 0.3 is 0 Å². The fourth-order valence-corrected chi connectivity index (χ4v) is 10.6. The average molecular weight is 790 g/mol. The molecule has 3 N–H and O–H groups in total. The van der Waals surface area contributed by atoms with Crippen LogP contribution in [0, 0.1) is 35.0 Å². The molecule has 5 fully saturated rings. The van der Waals surface area contributed by atoms with Gasteiger partial charge in [-0.2, -0.15) is 0 Å². The van der Waals surface area contributed by atoms with Gasteiger partial charge in [0.15, 0.2) is 5.01 Å². The molecule has 302 valence electrons. The Bertz CT molecular complexity index is 1830. The molecule has 2 bridgehead atoms. The number of carbonyl (C=O) groups excluding carboxylic acids is 6. The first-order valence-electron chi connectivity index (χ1n) is 20.2. The summed E-state index contributed by atoms with van der Waals surface area (Å²) in [6, 6.07) is 6.03. The van der Waals surface area contributed by atoms with E-state index >= 15 is 0 Å². The summed E-state index contributed by atoms with van der Waals surface area (Å²) in [6.45, 7) is 10.6. The lowest BCUT2D eigenvalue weighted by molar-refractivity contribution is -0.145. The van der Waals surface area contributed by atoms with E-state index < -0.39 is 58.9 Å². The molecule has 2 aliphatic carbocycles. The van der Waals surface area contributed by atoms with Gasteiger partial charge in [-0.1, -0.05) is 51.1 Å². The number of hydrogen-bond donors (Lipinski definition) is 3. The highest BCUT2D eigenvalue weighted by molar-refractivity contribution is 7.17. The van der Waals surface area contributed by atoms with Crippen molar-refractivity contribution >= 4 is 46.5 Å². The van der Waals surface area contributed by atoms with E-state index in [-0.39, 0.29) is 66.2 Å². The van der Waals surface area contributed by atoms with Gasteiger partial charge in [-0.05, 0) is 81.1 Å². The van der Waals surface area contributed by atoms with Crippen molar-refractivity contribution < 1.29 is 38.2 Å². The third-order valence-corrected chi connectivity index (χ3v) is 13.5. The molecule has 0 spiro atoms. The fourth-order valence-electron chi connectivity index (χ4n) is 9.73. The number of nitrogens with one attached hydrogen (secondary N) is 3.